The van der Waals surface area contributed by atoms with Gasteiger partial charge in [-0.25, -0.2) is 5.43 Å². The van der Waals surface area contributed by atoms with Crippen molar-refractivity contribution >= 4 is 28.1 Å². The van der Waals surface area contributed by atoms with Crippen LogP contribution in [0.15, 0.2) is 46.2 Å². The van der Waals surface area contributed by atoms with Crippen LogP contribution in [0.25, 0.3) is 0 Å². The molecule has 0 atom stereocenters. The van der Waals surface area contributed by atoms with Crippen molar-refractivity contribution in [3.8, 4) is 11.5 Å². The molecule has 0 aliphatic carbocycles. The van der Waals surface area contributed by atoms with Crippen molar-refractivity contribution in [3.63, 3.8) is 0 Å². The van der Waals surface area contributed by atoms with E-state index in [2.05, 4.69) is 31.4 Å². The number of carbonyl (C=O) groups excluding carboxylic acids is 1. The molecule has 1 aromatic carbocycles. The fourth-order valence-electron chi connectivity index (χ4n) is 1.80. The van der Waals surface area contributed by atoms with Crippen molar-refractivity contribution in [2.45, 2.75) is 0 Å². The van der Waals surface area contributed by atoms with Gasteiger partial charge in [-0.1, -0.05) is 0 Å². The fourth-order valence-corrected chi connectivity index (χ4v) is 2.37. The third kappa shape index (κ3) is 3.03. The van der Waals surface area contributed by atoms with Crippen LogP contribution in [0.1, 0.15) is 15.9 Å². The summed E-state index contributed by atoms with van der Waals surface area (Å²) in [6.07, 6.45) is 4.63. The number of fused-ring (bicyclic) bond motifs is 1. The molecule has 21 heavy (non-hydrogen) atoms. The number of carbonyl (C=O) groups is 1. The lowest BCUT2D eigenvalue weighted by molar-refractivity contribution is 0.0955. The summed E-state index contributed by atoms with van der Waals surface area (Å²) in [6, 6.07) is 6.84. The van der Waals surface area contributed by atoms with Crippen molar-refractivity contribution in [2.75, 3.05) is 6.79 Å². The van der Waals surface area contributed by atoms with Crippen molar-refractivity contribution in [1.82, 2.24) is 10.4 Å². The molecule has 0 saturated heterocycles. The predicted octanol–water partition coefficient (Wildman–Crippen LogP) is 2.34. The fraction of sp³-hybridized carbons (Fsp3) is 0.0714. The molecular weight excluding hydrogens is 338 g/mol. The number of aromatic nitrogens is 1. The molecule has 0 saturated carbocycles. The van der Waals surface area contributed by atoms with Crippen LogP contribution in [-0.4, -0.2) is 23.9 Å². The zero-order valence-corrected chi connectivity index (χ0v) is 12.3. The maximum Gasteiger partial charge on any atom is 0.271 e. The Kier molecular flexibility index (Phi) is 3.83. The van der Waals surface area contributed by atoms with Gasteiger partial charge in [0.05, 0.1) is 10.7 Å². The molecule has 1 aromatic heterocycles. The third-order valence-electron chi connectivity index (χ3n) is 2.77. The molecule has 2 aromatic rings. The van der Waals surface area contributed by atoms with Gasteiger partial charge in [-0.05, 0) is 45.8 Å². The zero-order valence-electron chi connectivity index (χ0n) is 10.7. The van der Waals surface area contributed by atoms with Crippen LogP contribution in [0.2, 0.25) is 0 Å². The van der Waals surface area contributed by atoms with Crippen molar-refractivity contribution < 1.29 is 14.3 Å². The first-order valence-corrected chi connectivity index (χ1v) is 6.86. The lowest BCUT2D eigenvalue weighted by atomic mass is 10.2. The summed E-state index contributed by atoms with van der Waals surface area (Å²) in [4.78, 5) is 15.6. The molecule has 0 spiro atoms. The number of ether oxygens (including phenoxy) is 2. The number of hydrazone groups is 1. The Morgan fingerprint density at radius 3 is 2.95 bits per heavy atom. The molecule has 0 bridgehead atoms. The Hall–Kier alpha value is -2.41. The van der Waals surface area contributed by atoms with Crippen LogP contribution in [-0.2, 0) is 0 Å². The first kappa shape index (κ1) is 13.6. The van der Waals surface area contributed by atoms with E-state index in [0.29, 0.717) is 17.1 Å². The minimum Gasteiger partial charge on any atom is -0.454 e. The summed E-state index contributed by atoms with van der Waals surface area (Å²) in [5.74, 6) is 1.02. The third-order valence-corrected chi connectivity index (χ3v) is 3.36. The molecule has 6 nitrogen and oxygen atoms in total. The van der Waals surface area contributed by atoms with Crippen LogP contribution in [0.4, 0.5) is 0 Å². The van der Waals surface area contributed by atoms with Gasteiger partial charge < -0.3 is 9.47 Å². The van der Waals surface area contributed by atoms with E-state index >= 15 is 0 Å². The number of halogens is 1. The van der Waals surface area contributed by atoms with E-state index in [9.17, 15) is 4.79 Å². The SMILES string of the molecule is O=C(N/N=C\c1cc(Br)c2c(c1)OCO2)c1ccncc1. The Balaban J connectivity index is 1.70. The smallest absolute Gasteiger partial charge is 0.271 e. The monoisotopic (exact) mass is 347 g/mol. The topological polar surface area (TPSA) is 72.8 Å². The quantitative estimate of drug-likeness (QED) is 0.683. The number of amides is 1. The van der Waals surface area contributed by atoms with E-state index in [1.165, 1.54) is 6.21 Å². The second kappa shape index (κ2) is 5.92. The van der Waals surface area contributed by atoms with Gasteiger partial charge in [0, 0.05) is 18.0 Å². The molecule has 3 rings (SSSR count). The second-order valence-corrected chi connectivity index (χ2v) is 5.03. The van der Waals surface area contributed by atoms with Gasteiger partial charge in [0.15, 0.2) is 11.5 Å². The number of nitrogens with zero attached hydrogens (tertiary/aromatic N) is 2. The Labute approximate surface area is 128 Å². The molecule has 1 aliphatic heterocycles. The van der Waals surface area contributed by atoms with Crippen LogP contribution >= 0.6 is 15.9 Å². The molecule has 0 unspecified atom stereocenters. The molecule has 7 heteroatoms. The molecule has 106 valence electrons. The molecule has 1 N–H and O–H groups in total. The Morgan fingerprint density at radius 1 is 1.33 bits per heavy atom. The van der Waals surface area contributed by atoms with Crippen molar-refractivity contribution in [3.05, 3.63) is 52.3 Å². The normalized spacial score (nSPS) is 12.6. The average Bonchev–Trinajstić information content (AvgIpc) is 2.97. The second-order valence-electron chi connectivity index (χ2n) is 4.17. The number of hydrogen-bond acceptors (Lipinski definition) is 5. The molecule has 1 aliphatic rings. The van der Waals surface area contributed by atoms with Crippen molar-refractivity contribution in [1.29, 1.82) is 0 Å². The number of rotatable bonds is 3. The maximum atomic E-state index is 11.8. The number of nitrogens with one attached hydrogen (secondary N) is 1. The highest BCUT2D eigenvalue weighted by Gasteiger charge is 2.17. The summed E-state index contributed by atoms with van der Waals surface area (Å²) in [6.45, 7) is 0.202. The Morgan fingerprint density at radius 2 is 2.14 bits per heavy atom. The summed E-state index contributed by atoms with van der Waals surface area (Å²) >= 11 is 3.39. The van der Waals surface area contributed by atoms with Gasteiger partial charge in [-0.15, -0.1) is 0 Å². The molecule has 2 heterocycles. The number of hydrogen-bond donors (Lipinski definition) is 1. The van der Waals surface area contributed by atoms with Crippen LogP contribution in [0.3, 0.4) is 0 Å². The van der Waals surface area contributed by atoms with Crippen LogP contribution < -0.4 is 14.9 Å². The first-order chi connectivity index (χ1) is 10.2. The van der Waals surface area contributed by atoms with Gasteiger partial charge in [0.25, 0.3) is 5.91 Å². The lowest BCUT2D eigenvalue weighted by Crippen LogP contribution is -2.17. The average molecular weight is 348 g/mol. The summed E-state index contributed by atoms with van der Waals surface area (Å²) in [7, 11) is 0. The minimum atomic E-state index is -0.298. The van der Waals surface area contributed by atoms with Gasteiger partial charge in [0.2, 0.25) is 6.79 Å². The zero-order chi connectivity index (χ0) is 14.7. The van der Waals surface area contributed by atoms with Gasteiger partial charge in [-0.2, -0.15) is 5.10 Å². The largest absolute Gasteiger partial charge is 0.454 e. The summed E-state index contributed by atoms with van der Waals surface area (Å²) in [5, 5.41) is 3.92. The van der Waals surface area contributed by atoms with Gasteiger partial charge in [0.1, 0.15) is 0 Å². The van der Waals surface area contributed by atoms with E-state index in [-0.39, 0.29) is 12.7 Å². The van der Waals surface area contributed by atoms with E-state index in [4.69, 9.17) is 9.47 Å². The number of benzene rings is 1. The summed E-state index contributed by atoms with van der Waals surface area (Å²) < 4.78 is 11.4. The van der Waals surface area contributed by atoms with E-state index in [1.807, 2.05) is 6.07 Å². The maximum absolute atomic E-state index is 11.8. The predicted molar refractivity (Wildman–Crippen MR) is 79.6 cm³/mol. The highest BCUT2D eigenvalue weighted by Crippen LogP contribution is 2.39. The van der Waals surface area contributed by atoms with E-state index in [1.54, 1.807) is 30.6 Å². The minimum absolute atomic E-state index is 0.202. The highest BCUT2D eigenvalue weighted by molar-refractivity contribution is 9.10. The van der Waals surface area contributed by atoms with Crippen molar-refractivity contribution in [2.24, 2.45) is 5.10 Å². The Bertz CT molecular complexity index is 704. The van der Waals surface area contributed by atoms with E-state index in [0.717, 1.165) is 10.0 Å². The van der Waals surface area contributed by atoms with Crippen LogP contribution in [0.5, 0.6) is 11.5 Å². The number of pyridine rings is 1. The molecule has 1 amide bonds. The molecule has 0 fully saturated rings. The molecule has 0 radical (unpaired) electrons. The van der Waals surface area contributed by atoms with Gasteiger partial charge in [-0.3, -0.25) is 9.78 Å². The van der Waals surface area contributed by atoms with Gasteiger partial charge >= 0.3 is 0 Å². The first-order valence-electron chi connectivity index (χ1n) is 6.06. The van der Waals surface area contributed by atoms with E-state index < -0.39 is 0 Å². The standard InChI is InChI=1S/C14H10BrN3O3/c15-11-5-9(6-12-13(11)21-8-20-12)7-17-18-14(19)10-1-3-16-4-2-10/h1-7H,8H2,(H,18,19)/b17-7-. The summed E-state index contributed by atoms with van der Waals surface area (Å²) in [5.41, 5.74) is 3.72. The lowest BCUT2D eigenvalue weighted by Gasteiger charge is -2.01. The molecular formula is C14H10BrN3O3. The highest BCUT2D eigenvalue weighted by atomic mass is 79.9. The van der Waals surface area contributed by atoms with Crippen LogP contribution in [0, 0.1) is 0 Å².